The highest BCUT2D eigenvalue weighted by Crippen LogP contribution is 2.48. The number of amides is 2. The van der Waals surface area contributed by atoms with Gasteiger partial charge in [-0.25, -0.2) is 0 Å². The van der Waals surface area contributed by atoms with Crippen LogP contribution in [0.25, 0.3) is 0 Å². The standard InChI is InChI=1S/C19H18Cl2N2O3/c1-11-3-6-16(26-2)15(9-11)23-18(25)19(7-8-19)17(24)22-14-5-4-12(20)10-13(14)21/h3-6,9-10H,7-8H2,1-2H3,(H,22,24)(H,23,25). The van der Waals surface area contributed by atoms with Gasteiger partial charge >= 0.3 is 0 Å². The highest BCUT2D eigenvalue weighted by molar-refractivity contribution is 6.37. The lowest BCUT2D eigenvalue weighted by atomic mass is 10.0. The van der Waals surface area contributed by atoms with Gasteiger partial charge in [0.15, 0.2) is 0 Å². The van der Waals surface area contributed by atoms with Crippen molar-refractivity contribution in [2.24, 2.45) is 5.41 Å². The van der Waals surface area contributed by atoms with Crippen LogP contribution in [0.5, 0.6) is 5.75 Å². The molecule has 7 heteroatoms. The van der Waals surface area contributed by atoms with Gasteiger partial charge < -0.3 is 15.4 Å². The van der Waals surface area contributed by atoms with Crippen molar-refractivity contribution in [1.82, 2.24) is 0 Å². The first kappa shape index (κ1) is 18.5. The number of methoxy groups -OCH3 is 1. The molecule has 1 saturated carbocycles. The van der Waals surface area contributed by atoms with E-state index in [1.54, 1.807) is 24.3 Å². The van der Waals surface area contributed by atoms with E-state index in [-0.39, 0.29) is 11.8 Å². The number of anilines is 2. The number of nitrogens with one attached hydrogen (secondary N) is 2. The Morgan fingerprint density at radius 1 is 1.00 bits per heavy atom. The number of hydrogen-bond acceptors (Lipinski definition) is 3. The number of benzene rings is 2. The Morgan fingerprint density at radius 2 is 1.65 bits per heavy atom. The Morgan fingerprint density at radius 3 is 2.23 bits per heavy atom. The molecule has 1 aliphatic rings. The molecule has 1 fully saturated rings. The van der Waals surface area contributed by atoms with Gasteiger partial charge in [-0.2, -0.15) is 0 Å². The van der Waals surface area contributed by atoms with Gasteiger partial charge in [0.25, 0.3) is 0 Å². The molecule has 0 atom stereocenters. The van der Waals surface area contributed by atoms with E-state index in [0.717, 1.165) is 5.56 Å². The van der Waals surface area contributed by atoms with Crippen LogP contribution >= 0.6 is 23.2 Å². The Hall–Kier alpha value is -2.24. The normalized spacial score (nSPS) is 14.5. The van der Waals surface area contributed by atoms with E-state index < -0.39 is 5.41 Å². The fourth-order valence-corrected chi connectivity index (χ4v) is 3.13. The molecule has 26 heavy (non-hydrogen) atoms. The van der Waals surface area contributed by atoms with Crippen LogP contribution < -0.4 is 15.4 Å². The molecule has 2 N–H and O–H groups in total. The number of hydrogen-bond donors (Lipinski definition) is 2. The van der Waals surface area contributed by atoms with Crippen molar-refractivity contribution in [3.8, 4) is 5.75 Å². The number of carbonyl (C=O) groups is 2. The summed E-state index contributed by atoms with van der Waals surface area (Å²) >= 11 is 12.0. The molecule has 0 heterocycles. The first-order chi connectivity index (χ1) is 12.4. The first-order valence-electron chi connectivity index (χ1n) is 8.08. The molecule has 0 saturated heterocycles. The van der Waals surface area contributed by atoms with Gasteiger partial charge in [-0.05, 0) is 55.7 Å². The molecule has 2 aromatic carbocycles. The molecule has 1 aliphatic carbocycles. The highest BCUT2D eigenvalue weighted by atomic mass is 35.5. The lowest BCUT2D eigenvalue weighted by Crippen LogP contribution is -2.35. The molecule has 0 aliphatic heterocycles. The van der Waals surface area contributed by atoms with Gasteiger partial charge in [-0.3, -0.25) is 9.59 Å². The quantitative estimate of drug-likeness (QED) is 0.726. The Labute approximate surface area is 161 Å². The van der Waals surface area contributed by atoms with Crippen LogP contribution in [-0.4, -0.2) is 18.9 Å². The Kier molecular flexibility index (Phi) is 5.12. The zero-order valence-electron chi connectivity index (χ0n) is 14.4. The van der Waals surface area contributed by atoms with Gasteiger partial charge in [-0.15, -0.1) is 0 Å². The third-order valence-corrected chi connectivity index (χ3v) is 4.95. The van der Waals surface area contributed by atoms with Crippen LogP contribution in [0.2, 0.25) is 10.0 Å². The maximum atomic E-state index is 12.8. The molecule has 0 aromatic heterocycles. The summed E-state index contributed by atoms with van der Waals surface area (Å²) in [5.74, 6) is -0.198. The predicted molar refractivity (Wildman–Crippen MR) is 103 cm³/mol. The van der Waals surface area contributed by atoms with Crippen LogP contribution in [0.1, 0.15) is 18.4 Å². The van der Waals surface area contributed by atoms with Crippen LogP contribution in [0.3, 0.4) is 0 Å². The van der Waals surface area contributed by atoms with Crippen molar-refractivity contribution in [2.45, 2.75) is 19.8 Å². The highest BCUT2D eigenvalue weighted by Gasteiger charge is 2.56. The Bertz CT molecular complexity index is 879. The van der Waals surface area contributed by atoms with E-state index in [4.69, 9.17) is 27.9 Å². The summed E-state index contributed by atoms with van der Waals surface area (Å²) in [6.45, 7) is 1.91. The zero-order valence-corrected chi connectivity index (χ0v) is 15.9. The van der Waals surface area contributed by atoms with Crippen LogP contribution in [0.15, 0.2) is 36.4 Å². The maximum absolute atomic E-state index is 12.8. The molecule has 2 amide bonds. The molecule has 2 aromatic rings. The third-order valence-electron chi connectivity index (χ3n) is 4.40. The van der Waals surface area contributed by atoms with E-state index in [1.807, 2.05) is 13.0 Å². The van der Waals surface area contributed by atoms with Gasteiger partial charge in [0, 0.05) is 5.02 Å². The zero-order chi connectivity index (χ0) is 18.9. The largest absolute Gasteiger partial charge is 0.495 e. The van der Waals surface area contributed by atoms with Crippen molar-refractivity contribution >= 4 is 46.4 Å². The van der Waals surface area contributed by atoms with Crippen LogP contribution in [0.4, 0.5) is 11.4 Å². The van der Waals surface area contributed by atoms with Crippen molar-refractivity contribution in [3.63, 3.8) is 0 Å². The topological polar surface area (TPSA) is 67.4 Å². The minimum absolute atomic E-state index is 0.322. The average molecular weight is 393 g/mol. The molecular formula is C19H18Cl2N2O3. The summed E-state index contributed by atoms with van der Waals surface area (Å²) in [6.07, 6.45) is 0.952. The maximum Gasteiger partial charge on any atom is 0.240 e. The molecule has 0 bridgehead atoms. The lowest BCUT2D eigenvalue weighted by molar-refractivity contribution is -0.131. The fourth-order valence-electron chi connectivity index (χ4n) is 2.68. The SMILES string of the molecule is COc1ccc(C)cc1NC(=O)C1(C(=O)Nc2ccc(Cl)cc2Cl)CC1. The monoisotopic (exact) mass is 392 g/mol. The summed E-state index contributed by atoms with van der Waals surface area (Å²) in [6, 6.07) is 10.2. The molecule has 0 radical (unpaired) electrons. The smallest absolute Gasteiger partial charge is 0.240 e. The van der Waals surface area contributed by atoms with Gasteiger partial charge in [0.05, 0.1) is 23.5 Å². The van der Waals surface area contributed by atoms with Crippen molar-refractivity contribution in [1.29, 1.82) is 0 Å². The number of carbonyl (C=O) groups excluding carboxylic acids is 2. The number of aryl methyl sites for hydroxylation is 1. The molecule has 0 spiro atoms. The fraction of sp³-hybridized carbons (Fsp3) is 0.263. The summed E-state index contributed by atoms with van der Waals surface area (Å²) in [5, 5.41) is 6.33. The average Bonchev–Trinajstić information content (AvgIpc) is 3.39. The molecule has 3 rings (SSSR count). The second-order valence-electron chi connectivity index (χ2n) is 6.32. The number of ether oxygens (including phenoxy) is 1. The van der Waals surface area contributed by atoms with E-state index in [9.17, 15) is 9.59 Å². The van der Waals surface area contributed by atoms with E-state index in [1.165, 1.54) is 13.2 Å². The summed E-state index contributed by atoms with van der Waals surface area (Å²) in [7, 11) is 1.53. The Balaban J connectivity index is 1.77. The summed E-state index contributed by atoms with van der Waals surface area (Å²) in [5.41, 5.74) is 0.843. The molecular weight excluding hydrogens is 375 g/mol. The number of rotatable bonds is 5. The van der Waals surface area contributed by atoms with Gasteiger partial charge in [-0.1, -0.05) is 29.3 Å². The summed E-state index contributed by atoms with van der Waals surface area (Å²) in [4.78, 5) is 25.5. The van der Waals surface area contributed by atoms with Gasteiger partial charge in [0.1, 0.15) is 11.2 Å². The minimum atomic E-state index is -1.10. The summed E-state index contributed by atoms with van der Waals surface area (Å²) < 4.78 is 5.27. The third kappa shape index (κ3) is 3.64. The first-order valence-corrected chi connectivity index (χ1v) is 8.84. The number of halogens is 2. The molecule has 0 unspecified atom stereocenters. The predicted octanol–water partition coefficient (Wildman–Crippen LogP) is 4.67. The van der Waals surface area contributed by atoms with E-state index in [2.05, 4.69) is 10.6 Å². The molecule has 5 nitrogen and oxygen atoms in total. The van der Waals surface area contributed by atoms with E-state index >= 15 is 0 Å². The van der Waals surface area contributed by atoms with E-state index in [0.29, 0.717) is 40.0 Å². The van der Waals surface area contributed by atoms with Crippen molar-refractivity contribution in [3.05, 3.63) is 52.0 Å². The van der Waals surface area contributed by atoms with Crippen molar-refractivity contribution < 1.29 is 14.3 Å². The van der Waals surface area contributed by atoms with Crippen LogP contribution in [0, 0.1) is 12.3 Å². The minimum Gasteiger partial charge on any atom is -0.495 e. The van der Waals surface area contributed by atoms with Crippen LogP contribution in [-0.2, 0) is 9.59 Å². The molecule has 136 valence electrons. The lowest BCUT2D eigenvalue weighted by Gasteiger charge is -2.17. The second-order valence-corrected chi connectivity index (χ2v) is 7.16. The second kappa shape index (κ2) is 7.17. The van der Waals surface area contributed by atoms with Gasteiger partial charge in [0.2, 0.25) is 11.8 Å². The van der Waals surface area contributed by atoms with Crippen molar-refractivity contribution in [2.75, 3.05) is 17.7 Å².